The average Bonchev–Trinajstić information content (AvgIpc) is 2.68. The molecular weight excluding hydrogens is 434 g/mol. The second-order valence-electron chi connectivity index (χ2n) is 8.47. The Kier molecular flexibility index (Phi) is 8.30. The molecule has 0 radical (unpaired) electrons. The maximum atomic E-state index is 12.4. The Bertz CT molecular complexity index is 1110. The molecule has 3 aromatic carbocycles. The average molecular weight is 462 g/mol. The van der Waals surface area contributed by atoms with Gasteiger partial charge < -0.3 is 19.0 Å². The fraction of sp³-hybridized carbons (Fsp3) is 0.280. The van der Waals surface area contributed by atoms with Gasteiger partial charge in [-0.25, -0.2) is 4.57 Å². The molecule has 1 unspecified atom stereocenters. The molecule has 0 saturated heterocycles. The third-order valence-electron chi connectivity index (χ3n) is 5.56. The number of phosphoric acid groups is 1. The van der Waals surface area contributed by atoms with Gasteiger partial charge in [0, 0.05) is 5.41 Å². The predicted molar refractivity (Wildman–Crippen MR) is 121 cm³/mol. The van der Waals surface area contributed by atoms with E-state index >= 15 is 0 Å². The van der Waals surface area contributed by atoms with Gasteiger partial charge in [0.1, 0.15) is 17.2 Å². The molecule has 7 heteroatoms. The summed E-state index contributed by atoms with van der Waals surface area (Å²) in [5.41, 5.74) is 4.76. The molecule has 0 aromatic heterocycles. The van der Waals surface area contributed by atoms with Crippen LogP contribution < -0.4 is 43.5 Å². The number of para-hydroxylation sites is 1. The molecule has 5 nitrogen and oxygen atoms in total. The first-order chi connectivity index (χ1) is 14.4. The second kappa shape index (κ2) is 10.0. The minimum atomic E-state index is -4.60. The Morgan fingerprint density at radius 3 is 1.72 bits per heavy atom. The summed E-state index contributed by atoms with van der Waals surface area (Å²) in [5, 5.41) is 10.1. The van der Waals surface area contributed by atoms with Crippen molar-refractivity contribution in [3.8, 4) is 17.2 Å². The van der Waals surface area contributed by atoms with Crippen LogP contribution in [0.3, 0.4) is 0 Å². The third-order valence-corrected chi connectivity index (χ3v) is 6.40. The van der Waals surface area contributed by atoms with Gasteiger partial charge in [0.2, 0.25) is 0 Å². The van der Waals surface area contributed by atoms with Crippen LogP contribution in [0.5, 0.6) is 17.2 Å². The first-order valence-electron chi connectivity index (χ1n) is 10.1. The molecule has 0 aliphatic rings. The van der Waals surface area contributed by atoms with Gasteiger partial charge in [-0.15, -0.1) is 0 Å². The zero-order chi connectivity index (χ0) is 23.0. The van der Waals surface area contributed by atoms with E-state index in [1.165, 1.54) is 0 Å². The smallest absolute Gasteiger partial charge is 0.736 e. The summed E-state index contributed by atoms with van der Waals surface area (Å²) in [7, 11) is -4.60. The van der Waals surface area contributed by atoms with E-state index in [0.717, 1.165) is 22.3 Å². The van der Waals surface area contributed by atoms with Crippen molar-refractivity contribution >= 4 is 7.82 Å². The fourth-order valence-corrected chi connectivity index (χ4v) is 4.61. The van der Waals surface area contributed by atoms with Crippen LogP contribution in [0.4, 0.5) is 0 Å². The molecule has 0 heterocycles. The Balaban J connectivity index is 0.00000363. The van der Waals surface area contributed by atoms with Gasteiger partial charge in [-0.1, -0.05) is 56.3 Å². The molecule has 0 aliphatic heterocycles. The summed E-state index contributed by atoms with van der Waals surface area (Å²) in [6, 6.07) is 16.1. The van der Waals surface area contributed by atoms with E-state index in [4.69, 9.17) is 9.05 Å². The molecule has 164 valence electrons. The van der Waals surface area contributed by atoms with Gasteiger partial charge >= 0.3 is 37.4 Å². The van der Waals surface area contributed by atoms with Crippen LogP contribution >= 0.6 is 7.82 Å². The first kappa shape index (κ1) is 26.5. The van der Waals surface area contributed by atoms with E-state index in [2.05, 4.69) is 13.8 Å². The van der Waals surface area contributed by atoms with E-state index < -0.39 is 7.82 Å². The minimum absolute atomic E-state index is 0. The zero-order valence-corrected chi connectivity index (χ0v) is 22.6. The summed E-state index contributed by atoms with van der Waals surface area (Å²) < 4.78 is 22.9. The Hall–Kier alpha value is -1.75. The second-order valence-corrected chi connectivity index (χ2v) is 9.73. The summed E-state index contributed by atoms with van der Waals surface area (Å²) in [6.45, 7) is 11.6. The summed E-state index contributed by atoms with van der Waals surface area (Å²) in [5.74, 6) is 0.777. The molecule has 0 spiro atoms. The molecular formula is C25H28NaO5P. The number of benzene rings is 3. The van der Waals surface area contributed by atoms with Gasteiger partial charge in [-0.2, -0.15) is 0 Å². The van der Waals surface area contributed by atoms with Crippen LogP contribution in [0.2, 0.25) is 0 Å². The van der Waals surface area contributed by atoms with Gasteiger partial charge in [0.25, 0.3) is 0 Å². The van der Waals surface area contributed by atoms with Crippen LogP contribution in [-0.2, 0) is 9.98 Å². The first-order valence-corrected chi connectivity index (χ1v) is 11.5. The molecule has 3 rings (SSSR count). The van der Waals surface area contributed by atoms with Crippen molar-refractivity contribution in [3.63, 3.8) is 0 Å². The van der Waals surface area contributed by atoms with Crippen molar-refractivity contribution < 1.29 is 53.2 Å². The number of rotatable bonds is 6. The van der Waals surface area contributed by atoms with Crippen molar-refractivity contribution in [2.24, 2.45) is 0 Å². The van der Waals surface area contributed by atoms with E-state index in [-0.39, 0.29) is 46.5 Å². The molecule has 1 N–H and O–H groups in total. The maximum Gasteiger partial charge on any atom is 1.00 e. The third kappa shape index (κ3) is 5.78. The van der Waals surface area contributed by atoms with Gasteiger partial charge in [0.15, 0.2) is 0 Å². The molecule has 1 atom stereocenters. The van der Waals surface area contributed by atoms with E-state index in [0.29, 0.717) is 16.9 Å². The van der Waals surface area contributed by atoms with Crippen molar-refractivity contribution in [2.45, 2.75) is 47.0 Å². The van der Waals surface area contributed by atoms with Crippen LogP contribution in [-0.4, -0.2) is 5.11 Å². The predicted octanol–water partition coefficient (Wildman–Crippen LogP) is 2.88. The van der Waals surface area contributed by atoms with Crippen LogP contribution in [0, 0.1) is 27.7 Å². The van der Waals surface area contributed by atoms with Crippen molar-refractivity contribution in [3.05, 3.63) is 88.0 Å². The van der Waals surface area contributed by atoms with Crippen LogP contribution in [0.25, 0.3) is 0 Å². The summed E-state index contributed by atoms with van der Waals surface area (Å²) in [4.78, 5) is 12.4. The van der Waals surface area contributed by atoms with Crippen molar-refractivity contribution in [1.82, 2.24) is 0 Å². The number of hydrogen-bond acceptors (Lipinski definition) is 5. The van der Waals surface area contributed by atoms with Crippen molar-refractivity contribution in [1.29, 1.82) is 0 Å². The monoisotopic (exact) mass is 462 g/mol. The minimum Gasteiger partial charge on any atom is -0.736 e. The van der Waals surface area contributed by atoms with E-state index in [9.17, 15) is 14.6 Å². The maximum absolute atomic E-state index is 12.4. The Morgan fingerprint density at radius 2 is 1.25 bits per heavy atom. The topological polar surface area (TPSA) is 78.8 Å². The fourth-order valence-electron chi connectivity index (χ4n) is 3.68. The summed E-state index contributed by atoms with van der Waals surface area (Å²) in [6.07, 6.45) is 0. The van der Waals surface area contributed by atoms with Crippen LogP contribution in [0.1, 0.15) is 47.2 Å². The molecule has 3 aromatic rings. The quantitative estimate of drug-likeness (QED) is 0.450. The number of hydrogen-bond donors (Lipinski definition) is 1. The number of aromatic hydroxyl groups is 1. The zero-order valence-electron chi connectivity index (χ0n) is 19.7. The number of phenolic OH excluding ortho intramolecular Hbond substituents is 1. The molecule has 32 heavy (non-hydrogen) atoms. The molecule has 0 bridgehead atoms. The SMILES string of the molecule is Cc1cc(C(C)(C)c2cc(C)c(OP(=O)([O-])Oc3ccccc3)c(C)c2)cc(C)c1O.[Na+]. The number of aryl methyl sites for hydroxylation is 4. The Morgan fingerprint density at radius 1 is 0.812 bits per heavy atom. The van der Waals surface area contributed by atoms with E-state index in [1.807, 2.05) is 52.0 Å². The van der Waals surface area contributed by atoms with Gasteiger partial charge in [-0.3, -0.25) is 0 Å². The number of phosphoric ester groups is 1. The Labute approximate surface area is 212 Å². The molecule has 0 aliphatic carbocycles. The van der Waals surface area contributed by atoms with E-state index in [1.54, 1.807) is 30.3 Å². The molecule has 0 fully saturated rings. The largest absolute Gasteiger partial charge is 1.00 e. The normalized spacial score (nSPS) is 13.1. The van der Waals surface area contributed by atoms with Gasteiger partial charge in [0.05, 0.1) is 0 Å². The van der Waals surface area contributed by atoms with Crippen molar-refractivity contribution in [2.75, 3.05) is 0 Å². The standard InChI is InChI=1S/C25H29O5P.Na/c1-16-12-20(13-17(2)23(16)26)25(5,6)21-14-18(3)24(19(4)15-21)30-31(27,28)29-22-10-8-7-9-11-22;/h7-15,26H,1-6H3,(H,27,28);/q;+1/p-1. The molecule has 0 amide bonds. The summed E-state index contributed by atoms with van der Waals surface area (Å²) >= 11 is 0. The van der Waals surface area contributed by atoms with Crippen LogP contribution in [0.15, 0.2) is 54.6 Å². The molecule has 0 saturated carbocycles. The number of phenols is 1. The van der Waals surface area contributed by atoms with Gasteiger partial charge in [-0.05, 0) is 73.2 Å².